The van der Waals surface area contributed by atoms with E-state index in [1.54, 1.807) is 0 Å². The molecule has 0 saturated carbocycles. The van der Waals surface area contributed by atoms with E-state index in [4.69, 9.17) is 4.74 Å². The number of hydrogen-bond donors (Lipinski definition) is 1. The highest BCUT2D eigenvalue weighted by molar-refractivity contribution is 5.81. The minimum atomic E-state index is -0.306. The maximum atomic E-state index is 12.2. The standard InChI is InChI=1S/C19H29N3O2/c1-21-11-12-24-18(15-21)19(23)20-13-17-8-10-22(14-17)9-7-16-5-3-2-4-6-16/h2-6,17-18H,7-15H2,1H3,(H,20,23). The van der Waals surface area contributed by atoms with E-state index in [9.17, 15) is 4.79 Å². The van der Waals surface area contributed by atoms with Gasteiger partial charge in [0.1, 0.15) is 6.10 Å². The van der Waals surface area contributed by atoms with Crippen molar-refractivity contribution in [3.63, 3.8) is 0 Å². The van der Waals surface area contributed by atoms with Crippen LogP contribution in [0.3, 0.4) is 0 Å². The van der Waals surface area contributed by atoms with Gasteiger partial charge < -0.3 is 19.9 Å². The van der Waals surface area contributed by atoms with Gasteiger partial charge in [0.25, 0.3) is 0 Å². The van der Waals surface area contributed by atoms with Crippen LogP contribution in [0.5, 0.6) is 0 Å². The summed E-state index contributed by atoms with van der Waals surface area (Å²) in [4.78, 5) is 16.9. The number of ether oxygens (including phenoxy) is 1. The summed E-state index contributed by atoms with van der Waals surface area (Å²) in [5.74, 6) is 0.607. The van der Waals surface area contributed by atoms with Crippen LogP contribution in [0.4, 0.5) is 0 Å². The summed E-state index contributed by atoms with van der Waals surface area (Å²) in [6.45, 7) is 6.33. The van der Waals surface area contributed by atoms with Crippen molar-refractivity contribution in [1.29, 1.82) is 0 Å². The average Bonchev–Trinajstić information content (AvgIpc) is 3.07. The second-order valence-electron chi connectivity index (χ2n) is 7.06. The SMILES string of the molecule is CN1CCOC(C(=O)NCC2CCN(CCc3ccccc3)C2)C1. The van der Waals surface area contributed by atoms with Gasteiger partial charge in [-0.05, 0) is 37.9 Å². The van der Waals surface area contributed by atoms with Gasteiger partial charge in [-0.1, -0.05) is 30.3 Å². The summed E-state index contributed by atoms with van der Waals surface area (Å²) >= 11 is 0. The average molecular weight is 331 g/mol. The molecule has 5 heteroatoms. The lowest BCUT2D eigenvalue weighted by Crippen LogP contribution is -2.49. The van der Waals surface area contributed by atoms with Crippen LogP contribution in [0, 0.1) is 5.92 Å². The van der Waals surface area contributed by atoms with Crippen molar-refractivity contribution in [3.8, 4) is 0 Å². The van der Waals surface area contributed by atoms with Crippen LogP contribution in [-0.4, -0.2) is 74.7 Å². The van der Waals surface area contributed by atoms with E-state index in [1.807, 2.05) is 7.05 Å². The molecule has 2 saturated heterocycles. The molecule has 2 fully saturated rings. The molecule has 0 spiro atoms. The van der Waals surface area contributed by atoms with Crippen molar-refractivity contribution in [1.82, 2.24) is 15.1 Å². The third-order valence-corrected chi connectivity index (χ3v) is 5.06. The molecule has 0 aliphatic carbocycles. The molecule has 1 aromatic carbocycles. The summed E-state index contributed by atoms with van der Waals surface area (Å²) in [6.07, 6.45) is 1.96. The Morgan fingerprint density at radius 2 is 2.08 bits per heavy atom. The van der Waals surface area contributed by atoms with Crippen molar-refractivity contribution in [2.45, 2.75) is 18.9 Å². The van der Waals surface area contributed by atoms with Crippen molar-refractivity contribution < 1.29 is 9.53 Å². The fraction of sp³-hybridized carbons (Fsp3) is 0.632. The van der Waals surface area contributed by atoms with E-state index < -0.39 is 0 Å². The van der Waals surface area contributed by atoms with Gasteiger partial charge in [-0.2, -0.15) is 0 Å². The molecule has 2 heterocycles. The highest BCUT2D eigenvalue weighted by atomic mass is 16.5. The molecule has 2 aliphatic heterocycles. The molecule has 5 nitrogen and oxygen atoms in total. The zero-order chi connectivity index (χ0) is 16.8. The first-order chi connectivity index (χ1) is 11.7. The molecular formula is C19H29N3O2. The van der Waals surface area contributed by atoms with Crippen molar-refractivity contribution >= 4 is 5.91 Å². The number of hydrogen-bond acceptors (Lipinski definition) is 4. The summed E-state index contributed by atoms with van der Waals surface area (Å²) in [6, 6.07) is 10.6. The Morgan fingerprint density at radius 3 is 2.88 bits per heavy atom. The fourth-order valence-corrected chi connectivity index (χ4v) is 3.51. The van der Waals surface area contributed by atoms with Crippen LogP contribution < -0.4 is 5.32 Å². The predicted octanol–water partition coefficient (Wildman–Crippen LogP) is 0.998. The number of carbonyl (C=O) groups excluding carboxylic acids is 1. The van der Waals surface area contributed by atoms with Crippen molar-refractivity contribution in [3.05, 3.63) is 35.9 Å². The molecular weight excluding hydrogens is 302 g/mol. The van der Waals surface area contributed by atoms with Crippen LogP contribution in [-0.2, 0) is 16.0 Å². The summed E-state index contributed by atoms with van der Waals surface area (Å²) in [5, 5.41) is 3.09. The Morgan fingerprint density at radius 1 is 1.25 bits per heavy atom. The minimum absolute atomic E-state index is 0.0456. The Balaban J connectivity index is 1.34. The number of benzene rings is 1. The van der Waals surface area contributed by atoms with Crippen LogP contribution in [0.25, 0.3) is 0 Å². The molecule has 24 heavy (non-hydrogen) atoms. The van der Waals surface area contributed by atoms with Crippen LogP contribution in [0.1, 0.15) is 12.0 Å². The number of likely N-dealkylation sites (N-methyl/N-ethyl adjacent to an activating group) is 1. The number of nitrogens with one attached hydrogen (secondary N) is 1. The zero-order valence-electron chi connectivity index (χ0n) is 14.6. The summed E-state index contributed by atoms with van der Waals surface area (Å²) in [5.41, 5.74) is 1.40. The molecule has 0 bridgehead atoms. The Hall–Kier alpha value is -1.43. The van der Waals surface area contributed by atoms with Crippen molar-refractivity contribution in [2.75, 3.05) is 52.9 Å². The number of carbonyl (C=O) groups is 1. The molecule has 3 rings (SSSR count). The molecule has 132 valence electrons. The normalized spacial score (nSPS) is 25.7. The highest BCUT2D eigenvalue weighted by Crippen LogP contribution is 2.16. The molecule has 2 aliphatic rings. The second-order valence-corrected chi connectivity index (χ2v) is 7.06. The van der Waals surface area contributed by atoms with Gasteiger partial charge in [-0.15, -0.1) is 0 Å². The predicted molar refractivity (Wildman–Crippen MR) is 94.9 cm³/mol. The molecule has 2 unspecified atom stereocenters. The van der Waals surface area contributed by atoms with Gasteiger partial charge >= 0.3 is 0 Å². The highest BCUT2D eigenvalue weighted by Gasteiger charge is 2.27. The lowest BCUT2D eigenvalue weighted by molar-refractivity contribution is -0.137. The lowest BCUT2D eigenvalue weighted by Gasteiger charge is -2.29. The number of morpholine rings is 1. The maximum absolute atomic E-state index is 12.2. The summed E-state index contributed by atoms with van der Waals surface area (Å²) < 4.78 is 5.57. The third kappa shape index (κ3) is 5.03. The first-order valence-electron chi connectivity index (χ1n) is 9.05. The van der Waals surface area contributed by atoms with Crippen molar-refractivity contribution in [2.24, 2.45) is 5.92 Å². The largest absolute Gasteiger partial charge is 0.366 e. The molecule has 1 amide bonds. The Labute approximate surface area is 145 Å². The first kappa shape index (κ1) is 17.4. The minimum Gasteiger partial charge on any atom is -0.366 e. The zero-order valence-corrected chi connectivity index (χ0v) is 14.6. The van der Waals surface area contributed by atoms with Crippen LogP contribution in [0.2, 0.25) is 0 Å². The Kier molecular flexibility index (Phi) is 6.24. The van der Waals surface area contributed by atoms with E-state index in [1.165, 1.54) is 12.0 Å². The van der Waals surface area contributed by atoms with Gasteiger partial charge in [0.05, 0.1) is 6.61 Å². The molecule has 0 radical (unpaired) electrons. The maximum Gasteiger partial charge on any atom is 0.250 e. The summed E-state index contributed by atoms with van der Waals surface area (Å²) in [7, 11) is 2.03. The molecule has 1 aromatic rings. The van der Waals surface area contributed by atoms with E-state index >= 15 is 0 Å². The lowest BCUT2D eigenvalue weighted by atomic mass is 10.1. The monoisotopic (exact) mass is 331 g/mol. The quantitative estimate of drug-likeness (QED) is 0.845. The van der Waals surface area contributed by atoms with Gasteiger partial charge in [0.15, 0.2) is 0 Å². The van der Waals surface area contributed by atoms with Gasteiger partial charge in [0.2, 0.25) is 5.91 Å². The third-order valence-electron chi connectivity index (χ3n) is 5.06. The molecule has 0 aromatic heterocycles. The smallest absolute Gasteiger partial charge is 0.250 e. The van der Waals surface area contributed by atoms with E-state index in [0.29, 0.717) is 19.1 Å². The Bertz CT molecular complexity index is 523. The number of nitrogens with zero attached hydrogens (tertiary/aromatic N) is 2. The number of likely N-dealkylation sites (tertiary alicyclic amines) is 1. The van der Waals surface area contributed by atoms with Crippen LogP contribution >= 0.6 is 0 Å². The topological polar surface area (TPSA) is 44.8 Å². The van der Waals surface area contributed by atoms with Gasteiger partial charge in [-0.3, -0.25) is 4.79 Å². The van der Waals surface area contributed by atoms with E-state index in [0.717, 1.165) is 39.1 Å². The van der Waals surface area contributed by atoms with Crippen LogP contribution in [0.15, 0.2) is 30.3 Å². The van der Waals surface area contributed by atoms with Gasteiger partial charge in [-0.25, -0.2) is 0 Å². The van der Waals surface area contributed by atoms with E-state index in [-0.39, 0.29) is 12.0 Å². The number of amides is 1. The van der Waals surface area contributed by atoms with E-state index in [2.05, 4.69) is 45.4 Å². The molecule has 1 N–H and O–H groups in total. The first-order valence-corrected chi connectivity index (χ1v) is 9.05. The number of rotatable bonds is 6. The van der Waals surface area contributed by atoms with Gasteiger partial charge in [0, 0.05) is 32.7 Å². The fourth-order valence-electron chi connectivity index (χ4n) is 3.51. The second kappa shape index (κ2) is 8.60. The molecule has 2 atom stereocenters.